The number of methoxy groups -OCH3 is 2. The predicted octanol–water partition coefficient (Wildman–Crippen LogP) is 3.61. The summed E-state index contributed by atoms with van der Waals surface area (Å²) in [5.74, 6) is 1.72. The van der Waals surface area contributed by atoms with Crippen molar-refractivity contribution < 1.29 is 19.0 Å². The monoisotopic (exact) mass is 504 g/mol. The summed E-state index contributed by atoms with van der Waals surface area (Å²) in [4.78, 5) is 21.8. The van der Waals surface area contributed by atoms with E-state index in [0.29, 0.717) is 23.6 Å². The standard InChI is InChI=1S/C29H36N4O4/c1-22(18-31-29(34)25-15-27(35-2)17-28(16-25)36-3)37-26-8-6-23(7-9-26)20-32-11-13-33(14-12-32)21-24-5-4-10-30-19-24/h4-10,15-17,19,22H,11-14,18,20-21H2,1-3H3,(H,31,34)/t22-/m0/s1. The van der Waals surface area contributed by atoms with Crippen LogP contribution in [-0.4, -0.2) is 73.7 Å². The molecule has 8 nitrogen and oxygen atoms in total. The first-order valence-electron chi connectivity index (χ1n) is 12.6. The largest absolute Gasteiger partial charge is 0.497 e. The zero-order valence-corrected chi connectivity index (χ0v) is 21.9. The molecule has 0 aliphatic carbocycles. The van der Waals surface area contributed by atoms with E-state index in [0.717, 1.165) is 45.0 Å². The molecule has 2 heterocycles. The second-order valence-corrected chi connectivity index (χ2v) is 9.30. The quantitative estimate of drug-likeness (QED) is 0.428. The second-order valence-electron chi connectivity index (χ2n) is 9.30. The van der Waals surface area contributed by atoms with Crippen LogP contribution >= 0.6 is 0 Å². The highest BCUT2D eigenvalue weighted by Gasteiger charge is 2.17. The van der Waals surface area contributed by atoms with Gasteiger partial charge in [0.1, 0.15) is 23.4 Å². The van der Waals surface area contributed by atoms with E-state index >= 15 is 0 Å². The Hall–Kier alpha value is -3.62. The van der Waals surface area contributed by atoms with E-state index in [9.17, 15) is 4.79 Å². The van der Waals surface area contributed by atoms with Crippen LogP contribution in [0.4, 0.5) is 0 Å². The molecule has 1 atom stereocenters. The highest BCUT2D eigenvalue weighted by molar-refractivity contribution is 5.95. The average molecular weight is 505 g/mol. The Morgan fingerprint density at radius 1 is 0.892 bits per heavy atom. The Morgan fingerprint density at radius 2 is 1.51 bits per heavy atom. The van der Waals surface area contributed by atoms with Gasteiger partial charge >= 0.3 is 0 Å². The molecule has 0 saturated carbocycles. The van der Waals surface area contributed by atoms with Gasteiger partial charge in [0, 0.05) is 63.3 Å². The van der Waals surface area contributed by atoms with E-state index in [-0.39, 0.29) is 12.0 Å². The molecule has 8 heteroatoms. The van der Waals surface area contributed by atoms with Gasteiger partial charge in [-0.05, 0) is 48.4 Å². The van der Waals surface area contributed by atoms with Crippen molar-refractivity contribution in [1.29, 1.82) is 0 Å². The molecule has 2 aromatic carbocycles. The Kier molecular flexibility index (Phi) is 9.35. The van der Waals surface area contributed by atoms with E-state index < -0.39 is 0 Å². The van der Waals surface area contributed by atoms with Gasteiger partial charge in [-0.15, -0.1) is 0 Å². The van der Waals surface area contributed by atoms with Gasteiger partial charge in [-0.25, -0.2) is 0 Å². The zero-order valence-electron chi connectivity index (χ0n) is 21.9. The summed E-state index contributed by atoms with van der Waals surface area (Å²) < 4.78 is 16.5. The maximum Gasteiger partial charge on any atom is 0.251 e. The zero-order chi connectivity index (χ0) is 26.0. The number of rotatable bonds is 11. The summed E-state index contributed by atoms with van der Waals surface area (Å²) in [6.07, 6.45) is 3.58. The molecular formula is C29H36N4O4. The van der Waals surface area contributed by atoms with E-state index in [1.54, 1.807) is 32.4 Å². The van der Waals surface area contributed by atoms with Gasteiger partial charge in [0.25, 0.3) is 5.91 Å². The van der Waals surface area contributed by atoms with Crippen molar-refractivity contribution in [3.63, 3.8) is 0 Å². The van der Waals surface area contributed by atoms with Crippen LogP contribution in [0.3, 0.4) is 0 Å². The second kappa shape index (κ2) is 13.1. The number of hydrogen-bond acceptors (Lipinski definition) is 7. The van der Waals surface area contributed by atoms with Crippen molar-refractivity contribution in [2.45, 2.75) is 26.1 Å². The molecule has 0 radical (unpaired) electrons. The molecule has 0 spiro atoms. The van der Waals surface area contributed by atoms with Crippen molar-refractivity contribution in [3.8, 4) is 17.2 Å². The van der Waals surface area contributed by atoms with Crippen molar-refractivity contribution >= 4 is 5.91 Å². The lowest BCUT2D eigenvalue weighted by Crippen LogP contribution is -2.45. The fraction of sp³-hybridized carbons (Fsp3) is 0.379. The van der Waals surface area contributed by atoms with E-state index in [1.807, 2.05) is 37.5 Å². The molecule has 3 aromatic rings. The topological polar surface area (TPSA) is 76.2 Å². The Morgan fingerprint density at radius 3 is 2.08 bits per heavy atom. The SMILES string of the molecule is COc1cc(OC)cc(C(=O)NC[C@H](C)Oc2ccc(CN3CCN(Cc4cccnc4)CC3)cc2)c1. The molecule has 1 saturated heterocycles. The van der Waals surface area contributed by atoms with Crippen LogP contribution in [-0.2, 0) is 13.1 Å². The van der Waals surface area contributed by atoms with Crippen LogP contribution in [0.15, 0.2) is 67.0 Å². The molecule has 1 amide bonds. The van der Waals surface area contributed by atoms with Crippen molar-refractivity contribution in [2.75, 3.05) is 46.9 Å². The van der Waals surface area contributed by atoms with Gasteiger partial charge in [-0.1, -0.05) is 18.2 Å². The maximum atomic E-state index is 12.6. The highest BCUT2D eigenvalue weighted by Crippen LogP contribution is 2.22. The lowest BCUT2D eigenvalue weighted by atomic mass is 10.1. The minimum atomic E-state index is -0.205. The summed E-state index contributed by atoms with van der Waals surface area (Å²) in [5.41, 5.74) is 3.01. The number of nitrogens with one attached hydrogen (secondary N) is 1. The van der Waals surface area contributed by atoms with Crippen LogP contribution in [0.5, 0.6) is 17.2 Å². The lowest BCUT2D eigenvalue weighted by Gasteiger charge is -2.34. The van der Waals surface area contributed by atoms with Crippen LogP contribution in [0.25, 0.3) is 0 Å². The van der Waals surface area contributed by atoms with E-state index in [1.165, 1.54) is 11.1 Å². The molecule has 196 valence electrons. The minimum absolute atomic E-state index is 0.185. The van der Waals surface area contributed by atoms with Gasteiger partial charge < -0.3 is 19.5 Å². The molecule has 1 aliphatic heterocycles. The smallest absolute Gasteiger partial charge is 0.251 e. The molecule has 4 rings (SSSR count). The number of benzene rings is 2. The highest BCUT2D eigenvalue weighted by atomic mass is 16.5. The van der Waals surface area contributed by atoms with Crippen LogP contribution in [0, 0.1) is 0 Å². The first-order valence-corrected chi connectivity index (χ1v) is 12.6. The minimum Gasteiger partial charge on any atom is -0.497 e. The number of piperazine rings is 1. The number of ether oxygens (including phenoxy) is 3. The molecule has 1 aromatic heterocycles. The summed E-state index contributed by atoms with van der Waals surface area (Å²) >= 11 is 0. The number of carbonyl (C=O) groups excluding carboxylic acids is 1. The lowest BCUT2D eigenvalue weighted by molar-refractivity contribution is 0.0931. The Labute approximate surface area is 219 Å². The molecule has 0 unspecified atom stereocenters. The Balaban J connectivity index is 1.19. The van der Waals surface area contributed by atoms with Crippen LogP contribution < -0.4 is 19.5 Å². The number of aromatic nitrogens is 1. The van der Waals surface area contributed by atoms with E-state index in [2.05, 4.69) is 38.3 Å². The molecular weight excluding hydrogens is 468 g/mol. The number of amides is 1. The molecule has 1 N–H and O–H groups in total. The Bertz CT molecular complexity index is 1110. The van der Waals surface area contributed by atoms with Gasteiger partial charge in [0.15, 0.2) is 0 Å². The molecule has 1 fully saturated rings. The van der Waals surface area contributed by atoms with Crippen LogP contribution in [0.1, 0.15) is 28.4 Å². The normalized spacial score (nSPS) is 15.1. The van der Waals surface area contributed by atoms with Crippen LogP contribution in [0.2, 0.25) is 0 Å². The molecule has 1 aliphatic rings. The van der Waals surface area contributed by atoms with Crippen molar-refractivity contribution in [2.24, 2.45) is 0 Å². The summed E-state index contributed by atoms with van der Waals surface area (Å²) in [5, 5.41) is 2.92. The van der Waals surface area contributed by atoms with Gasteiger partial charge in [-0.3, -0.25) is 19.6 Å². The number of nitrogens with zero attached hydrogens (tertiary/aromatic N) is 3. The average Bonchev–Trinajstić information content (AvgIpc) is 2.94. The molecule has 0 bridgehead atoms. The van der Waals surface area contributed by atoms with Gasteiger partial charge in [0.2, 0.25) is 0 Å². The molecule has 37 heavy (non-hydrogen) atoms. The first-order chi connectivity index (χ1) is 18.0. The van der Waals surface area contributed by atoms with Crippen molar-refractivity contribution in [1.82, 2.24) is 20.1 Å². The van der Waals surface area contributed by atoms with Gasteiger partial charge in [-0.2, -0.15) is 0 Å². The third-order valence-corrected chi connectivity index (χ3v) is 6.42. The number of hydrogen-bond donors (Lipinski definition) is 1. The first kappa shape index (κ1) is 26.4. The predicted molar refractivity (Wildman–Crippen MR) is 143 cm³/mol. The maximum absolute atomic E-state index is 12.6. The third-order valence-electron chi connectivity index (χ3n) is 6.42. The fourth-order valence-electron chi connectivity index (χ4n) is 4.34. The van der Waals surface area contributed by atoms with Gasteiger partial charge in [0.05, 0.1) is 20.8 Å². The van der Waals surface area contributed by atoms with Crippen molar-refractivity contribution in [3.05, 3.63) is 83.7 Å². The number of pyridine rings is 1. The number of carbonyl (C=O) groups is 1. The van der Waals surface area contributed by atoms with E-state index in [4.69, 9.17) is 14.2 Å². The third kappa shape index (κ3) is 7.93. The summed E-state index contributed by atoms with van der Waals surface area (Å²) in [6.45, 7) is 8.41. The summed E-state index contributed by atoms with van der Waals surface area (Å²) in [6, 6.07) is 17.5. The fourth-order valence-corrected chi connectivity index (χ4v) is 4.34. The summed E-state index contributed by atoms with van der Waals surface area (Å²) in [7, 11) is 3.12.